The molecule has 0 unspecified atom stereocenters. The van der Waals surface area contributed by atoms with Gasteiger partial charge in [0.05, 0.1) is 32.7 Å². The Hall–Kier alpha value is -4.57. The van der Waals surface area contributed by atoms with Gasteiger partial charge in [0.15, 0.2) is 0 Å². The van der Waals surface area contributed by atoms with Crippen molar-refractivity contribution in [3.63, 3.8) is 0 Å². The van der Waals surface area contributed by atoms with Crippen LogP contribution in [0.1, 0.15) is 38.2 Å². The summed E-state index contributed by atoms with van der Waals surface area (Å²) in [6.07, 6.45) is -2.30. The van der Waals surface area contributed by atoms with Crippen LogP contribution in [-0.4, -0.2) is 103 Å². The molecule has 0 radical (unpaired) electrons. The number of aliphatic carboxylic acids is 2. The summed E-state index contributed by atoms with van der Waals surface area (Å²) in [5, 5.41) is 27.6. The van der Waals surface area contributed by atoms with Crippen LogP contribution in [0.3, 0.4) is 0 Å². The normalized spacial score (nSPS) is 12.6. The molecule has 0 aliphatic carbocycles. The fourth-order valence-electron chi connectivity index (χ4n) is 3.51. The SMILES string of the molecule is COCCOCCNC(=O)[C@H](CC(=O)O)NC(=O)[C@H](CC(=O)O)NC(=O)[C@H](CCC(=O)OCc1ccccc1)NC(C)=O. The standard InChI is InChI=1S/C27H38N4O12/c1-17(32)29-19(8-9-24(37)43-16-18-6-4-3-5-7-18)26(39)31-21(15-23(35)36)27(40)30-20(14-22(33)34)25(38)28-10-11-42-13-12-41-2/h3-7,19-21H,8-16H2,1-2H3,(H,28,38)(H,29,32)(H,30,40)(H,31,39)(H,33,34)(H,35,36)/t19-,20-,21-/m0/s1. The summed E-state index contributed by atoms with van der Waals surface area (Å²) in [6.45, 7) is 1.74. The van der Waals surface area contributed by atoms with Gasteiger partial charge in [-0.2, -0.15) is 0 Å². The van der Waals surface area contributed by atoms with Gasteiger partial charge in [-0.3, -0.25) is 33.6 Å². The molecule has 3 atom stereocenters. The number of nitrogens with one attached hydrogen (secondary N) is 4. The molecular formula is C27H38N4O12. The van der Waals surface area contributed by atoms with Crippen molar-refractivity contribution in [2.24, 2.45) is 0 Å². The highest BCUT2D eigenvalue weighted by atomic mass is 16.5. The zero-order valence-corrected chi connectivity index (χ0v) is 24.0. The number of benzene rings is 1. The highest BCUT2D eigenvalue weighted by Gasteiger charge is 2.32. The molecule has 6 N–H and O–H groups in total. The molecule has 0 fully saturated rings. The van der Waals surface area contributed by atoms with Crippen molar-refractivity contribution in [3.05, 3.63) is 35.9 Å². The molecule has 0 aliphatic rings. The van der Waals surface area contributed by atoms with Crippen LogP contribution in [0.5, 0.6) is 0 Å². The molecule has 238 valence electrons. The lowest BCUT2D eigenvalue weighted by Gasteiger charge is -2.24. The average Bonchev–Trinajstić information content (AvgIpc) is 2.94. The Kier molecular flexibility index (Phi) is 17.2. The number of carbonyl (C=O) groups is 7. The first-order valence-corrected chi connectivity index (χ1v) is 13.3. The number of methoxy groups -OCH3 is 1. The van der Waals surface area contributed by atoms with Crippen LogP contribution < -0.4 is 21.3 Å². The Morgan fingerprint density at radius 3 is 1.91 bits per heavy atom. The van der Waals surface area contributed by atoms with Gasteiger partial charge in [-0.25, -0.2) is 0 Å². The van der Waals surface area contributed by atoms with Gasteiger partial charge in [-0.15, -0.1) is 0 Å². The van der Waals surface area contributed by atoms with E-state index in [0.717, 1.165) is 12.5 Å². The van der Waals surface area contributed by atoms with Gasteiger partial charge in [-0.05, 0) is 12.0 Å². The summed E-state index contributed by atoms with van der Waals surface area (Å²) in [5.74, 6) is -7.25. The molecule has 4 amide bonds. The number of carbonyl (C=O) groups excluding carboxylic acids is 5. The van der Waals surface area contributed by atoms with Crippen molar-refractivity contribution in [2.45, 2.75) is 57.3 Å². The van der Waals surface area contributed by atoms with Crippen molar-refractivity contribution in [2.75, 3.05) is 33.5 Å². The van der Waals surface area contributed by atoms with Crippen LogP contribution in [0.4, 0.5) is 0 Å². The summed E-state index contributed by atoms with van der Waals surface area (Å²) in [7, 11) is 1.48. The van der Waals surface area contributed by atoms with Crippen LogP contribution in [0.2, 0.25) is 0 Å². The molecule has 0 bridgehead atoms. The number of ether oxygens (including phenoxy) is 3. The summed E-state index contributed by atoms with van der Waals surface area (Å²) in [5.41, 5.74) is 0.736. The topological polar surface area (TPSA) is 236 Å². The van der Waals surface area contributed by atoms with Crippen molar-refractivity contribution in [1.29, 1.82) is 0 Å². The van der Waals surface area contributed by atoms with E-state index in [0.29, 0.717) is 6.61 Å². The van der Waals surface area contributed by atoms with E-state index in [-0.39, 0.29) is 39.2 Å². The second kappa shape index (κ2) is 20.3. The maximum atomic E-state index is 13.0. The largest absolute Gasteiger partial charge is 0.481 e. The number of carboxylic acids is 2. The van der Waals surface area contributed by atoms with Gasteiger partial charge in [0.25, 0.3) is 0 Å². The van der Waals surface area contributed by atoms with Gasteiger partial charge in [0.2, 0.25) is 23.6 Å². The van der Waals surface area contributed by atoms with Crippen LogP contribution in [0.15, 0.2) is 30.3 Å². The highest BCUT2D eigenvalue weighted by molar-refractivity contribution is 5.96. The summed E-state index contributed by atoms with van der Waals surface area (Å²) in [6, 6.07) is 4.11. The van der Waals surface area contributed by atoms with Gasteiger partial charge >= 0.3 is 17.9 Å². The molecule has 0 saturated carbocycles. The molecular weight excluding hydrogens is 572 g/mol. The van der Waals surface area contributed by atoms with Crippen LogP contribution in [0.25, 0.3) is 0 Å². The molecule has 43 heavy (non-hydrogen) atoms. The third kappa shape index (κ3) is 16.5. The first-order valence-electron chi connectivity index (χ1n) is 13.3. The van der Waals surface area contributed by atoms with Gasteiger partial charge in [0.1, 0.15) is 24.7 Å². The summed E-state index contributed by atoms with van der Waals surface area (Å²) in [4.78, 5) is 85.1. The Bertz CT molecular complexity index is 1100. The maximum Gasteiger partial charge on any atom is 0.306 e. The molecule has 0 aromatic heterocycles. The molecule has 0 heterocycles. The lowest BCUT2D eigenvalue weighted by Crippen LogP contribution is -2.57. The third-order valence-corrected chi connectivity index (χ3v) is 5.57. The third-order valence-electron chi connectivity index (χ3n) is 5.57. The van der Waals surface area contributed by atoms with Crippen LogP contribution in [0, 0.1) is 0 Å². The van der Waals surface area contributed by atoms with E-state index in [1.54, 1.807) is 30.3 Å². The lowest BCUT2D eigenvalue weighted by atomic mass is 10.1. The Labute approximate surface area is 247 Å². The number of rotatable bonds is 21. The predicted molar refractivity (Wildman–Crippen MR) is 147 cm³/mol. The van der Waals surface area contributed by atoms with E-state index in [1.807, 2.05) is 0 Å². The Morgan fingerprint density at radius 1 is 0.767 bits per heavy atom. The predicted octanol–water partition coefficient (Wildman–Crippen LogP) is -1.29. The van der Waals surface area contributed by atoms with E-state index < -0.39 is 72.5 Å². The smallest absolute Gasteiger partial charge is 0.306 e. The minimum atomic E-state index is -1.76. The van der Waals surface area contributed by atoms with Crippen molar-refractivity contribution in [3.8, 4) is 0 Å². The monoisotopic (exact) mass is 610 g/mol. The summed E-state index contributed by atoms with van der Waals surface area (Å²) < 4.78 is 15.2. The van der Waals surface area contributed by atoms with E-state index in [2.05, 4.69) is 21.3 Å². The second-order valence-corrected chi connectivity index (χ2v) is 9.15. The zero-order valence-electron chi connectivity index (χ0n) is 24.0. The summed E-state index contributed by atoms with van der Waals surface area (Å²) >= 11 is 0. The maximum absolute atomic E-state index is 13.0. The van der Waals surface area contributed by atoms with E-state index in [9.17, 15) is 43.8 Å². The lowest BCUT2D eigenvalue weighted by molar-refractivity contribution is -0.145. The van der Waals surface area contributed by atoms with Gasteiger partial charge < -0.3 is 45.7 Å². The fraction of sp³-hybridized carbons (Fsp3) is 0.519. The highest BCUT2D eigenvalue weighted by Crippen LogP contribution is 2.06. The van der Waals surface area contributed by atoms with Crippen LogP contribution in [-0.2, 0) is 54.4 Å². The number of amides is 4. The fourth-order valence-corrected chi connectivity index (χ4v) is 3.51. The van der Waals surface area contributed by atoms with Crippen LogP contribution >= 0.6 is 0 Å². The first kappa shape index (κ1) is 36.5. The minimum absolute atomic E-state index is 0.0105. The zero-order chi connectivity index (χ0) is 32.2. The number of hydrogen-bond acceptors (Lipinski definition) is 10. The number of carboxylic acid groups (broad SMARTS) is 2. The quantitative estimate of drug-likeness (QED) is 0.0705. The average molecular weight is 611 g/mol. The molecule has 1 aromatic carbocycles. The van der Waals surface area contributed by atoms with Crippen molar-refractivity contribution >= 4 is 41.5 Å². The molecule has 16 heteroatoms. The Balaban J connectivity index is 2.85. The second-order valence-electron chi connectivity index (χ2n) is 9.15. The molecule has 0 spiro atoms. The molecule has 0 aliphatic heterocycles. The van der Waals surface area contributed by atoms with Crippen molar-refractivity contribution < 1.29 is 58.0 Å². The number of hydrogen-bond donors (Lipinski definition) is 6. The molecule has 1 aromatic rings. The van der Waals surface area contributed by atoms with E-state index in [1.165, 1.54) is 7.11 Å². The number of esters is 1. The van der Waals surface area contributed by atoms with Crippen molar-refractivity contribution in [1.82, 2.24) is 21.3 Å². The molecule has 1 rings (SSSR count). The van der Waals surface area contributed by atoms with E-state index >= 15 is 0 Å². The van der Waals surface area contributed by atoms with E-state index in [4.69, 9.17) is 14.2 Å². The van der Waals surface area contributed by atoms with Gasteiger partial charge in [-0.1, -0.05) is 30.3 Å². The minimum Gasteiger partial charge on any atom is -0.481 e. The first-order chi connectivity index (χ1) is 20.4. The Morgan fingerprint density at radius 2 is 1.35 bits per heavy atom. The molecule has 16 nitrogen and oxygen atoms in total. The molecule has 0 saturated heterocycles. The van der Waals surface area contributed by atoms with Gasteiger partial charge in [0, 0.05) is 27.0 Å².